The van der Waals surface area contributed by atoms with Crippen LogP contribution in [0.1, 0.15) is 11.1 Å². The highest BCUT2D eigenvalue weighted by Gasteiger charge is 2.06. The van der Waals surface area contributed by atoms with E-state index in [0.29, 0.717) is 23.5 Å². The van der Waals surface area contributed by atoms with E-state index < -0.39 is 11.6 Å². The monoisotopic (exact) mass is 274 g/mol. The normalized spacial score (nSPS) is 9.90. The van der Waals surface area contributed by atoms with E-state index >= 15 is 0 Å². The van der Waals surface area contributed by atoms with Crippen molar-refractivity contribution in [1.29, 1.82) is 5.26 Å². The molecule has 0 bridgehead atoms. The van der Waals surface area contributed by atoms with Crippen molar-refractivity contribution in [3.8, 4) is 11.8 Å². The molecule has 0 aliphatic rings. The number of rotatable bonds is 4. The Morgan fingerprint density at radius 2 is 1.95 bits per heavy atom. The molecular formula is C15H12F2N2O. The maximum Gasteiger partial charge on any atom is 0.160 e. The average Bonchev–Trinajstić information content (AvgIpc) is 2.48. The fourth-order valence-corrected chi connectivity index (χ4v) is 1.79. The van der Waals surface area contributed by atoms with Crippen molar-refractivity contribution in [3.63, 3.8) is 0 Å². The van der Waals surface area contributed by atoms with Gasteiger partial charge in [-0.2, -0.15) is 5.26 Å². The summed E-state index contributed by atoms with van der Waals surface area (Å²) in [7, 11) is 1.53. The summed E-state index contributed by atoms with van der Waals surface area (Å²) in [6.07, 6.45) is 0. The minimum atomic E-state index is -0.909. The van der Waals surface area contributed by atoms with Gasteiger partial charge in [0.1, 0.15) is 5.75 Å². The smallest absolute Gasteiger partial charge is 0.160 e. The van der Waals surface area contributed by atoms with Crippen molar-refractivity contribution in [2.45, 2.75) is 6.54 Å². The van der Waals surface area contributed by atoms with Crippen LogP contribution in [0.15, 0.2) is 36.4 Å². The molecule has 0 saturated carbocycles. The Morgan fingerprint density at radius 3 is 2.60 bits per heavy atom. The lowest BCUT2D eigenvalue weighted by Gasteiger charge is -2.11. The third kappa shape index (κ3) is 3.04. The fourth-order valence-electron chi connectivity index (χ4n) is 1.79. The van der Waals surface area contributed by atoms with Gasteiger partial charge in [0.15, 0.2) is 11.6 Å². The van der Waals surface area contributed by atoms with Crippen LogP contribution in [0.25, 0.3) is 0 Å². The van der Waals surface area contributed by atoms with Gasteiger partial charge >= 0.3 is 0 Å². The Kier molecular flexibility index (Phi) is 4.16. The Morgan fingerprint density at radius 1 is 1.15 bits per heavy atom. The van der Waals surface area contributed by atoms with Gasteiger partial charge in [0.05, 0.1) is 18.7 Å². The van der Waals surface area contributed by atoms with Crippen molar-refractivity contribution in [1.82, 2.24) is 0 Å². The molecular weight excluding hydrogens is 262 g/mol. The van der Waals surface area contributed by atoms with Gasteiger partial charge in [0, 0.05) is 23.9 Å². The molecule has 0 spiro atoms. The van der Waals surface area contributed by atoms with E-state index in [1.807, 2.05) is 6.07 Å². The van der Waals surface area contributed by atoms with Crippen LogP contribution in [0, 0.1) is 23.0 Å². The topological polar surface area (TPSA) is 45.0 Å². The SMILES string of the molecule is COc1ccc(C#N)cc1CNc1ccc(F)c(F)c1. The standard InChI is InChI=1S/C15H12F2N2O/c1-20-15-5-2-10(8-18)6-11(15)9-19-12-3-4-13(16)14(17)7-12/h2-7,19H,9H2,1H3. The predicted octanol–water partition coefficient (Wildman–Crippen LogP) is 3.46. The molecule has 0 aromatic heterocycles. The van der Waals surface area contributed by atoms with Gasteiger partial charge in [0.25, 0.3) is 0 Å². The van der Waals surface area contributed by atoms with Crippen LogP contribution in [0.3, 0.4) is 0 Å². The van der Waals surface area contributed by atoms with Gasteiger partial charge in [-0.15, -0.1) is 0 Å². The van der Waals surface area contributed by atoms with Crippen molar-refractivity contribution in [2.75, 3.05) is 12.4 Å². The van der Waals surface area contributed by atoms with Crippen LogP contribution < -0.4 is 10.1 Å². The third-order valence-corrected chi connectivity index (χ3v) is 2.81. The Balaban J connectivity index is 2.17. The number of methoxy groups -OCH3 is 1. The second-order valence-corrected chi connectivity index (χ2v) is 4.12. The Labute approximate surface area is 115 Å². The molecule has 102 valence electrons. The number of hydrogen-bond donors (Lipinski definition) is 1. The van der Waals surface area contributed by atoms with Crippen molar-refractivity contribution in [3.05, 3.63) is 59.2 Å². The molecule has 20 heavy (non-hydrogen) atoms. The van der Waals surface area contributed by atoms with Crippen LogP contribution in [0.4, 0.5) is 14.5 Å². The van der Waals surface area contributed by atoms with Crippen LogP contribution in [-0.4, -0.2) is 7.11 Å². The Bertz CT molecular complexity index is 665. The van der Waals surface area contributed by atoms with Gasteiger partial charge in [0.2, 0.25) is 0 Å². The Hall–Kier alpha value is -2.61. The van der Waals surface area contributed by atoms with Gasteiger partial charge in [-0.05, 0) is 30.3 Å². The molecule has 0 radical (unpaired) electrons. The van der Waals surface area contributed by atoms with E-state index in [9.17, 15) is 8.78 Å². The molecule has 0 aliphatic heterocycles. The lowest BCUT2D eigenvalue weighted by atomic mass is 10.1. The molecule has 2 aromatic carbocycles. The van der Waals surface area contributed by atoms with Crippen LogP contribution >= 0.6 is 0 Å². The third-order valence-electron chi connectivity index (χ3n) is 2.81. The second-order valence-electron chi connectivity index (χ2n) is 4.12. The van der Waals surface area contributed by atoms with E-state index in [-0.39, 0.29) is 0 Å². The zero-order chi connectivity index (χ0) is 14.5. The summed E-state index contributed by atoms with van der Waals surface area (Å²) in [5.74, 6) is -1.17. The molecule has 2 rings (SSSR count). The lowest BCUT2D eigenvalue weighted by Crippen LogP contribution is -2.03. The van der Waals surface area contributed by atoms with Crippen molar-refractivity contribution >= 4 is 5.69 Å². The quantitative estimate of drug-likeness (QED) is 0.928. The molecule has 0 aliphatic carbocycles. The highest BCUT2D eigenvalue weighted by molar-refractivity contribution is 5.47. The number of nitrogens with zero attached hydrogens (tertiary/aromatic N) is 1. The summed E-state index contributed by atoms with van der Waals surface area (Å²) in [4.78, 5) is 0. The minimum Gasteiger partial charge on any atom is -0.496 e. The van der Waals surface area contributed by atoms with E-state index in [0.717, 1.165) is 17.7 Å². The molecule has 5 heteroatoms. The summed E-state index contributed by atoms with van der Waals surface area (Å²) in [6, 6.07) is 10.7. The molecule has 2 aromatic rings. The van der Waals surface area contributed by atoms with E-state index in [1.165, 1.54) is 13.2 Å². The molecule has 0 amide bonds. The summed E-state index contributed by atoms with van der Waals surface area (Å²) >= 11 is 0. The minimum absolute atomic E-state index is 0.337. The van der Waals surface area contributed by atoms with Gasteiger partial charge in [-0.25, -0.2) is 8.78 Å². The van der Waals surface area contributed by atoms with Gasteiger partial charge in [-0.1, -0.05) is 0 Å². The average molecular weight is 274 g/mol. The number of halogens is 2. The van der Waals surface area contributed by atoms with Gasteiger partial charge in [-0.3, -0.25) is 0 Å². The maximum atomic E-state index is 13.1. The number of ether oxygens (including phenoxy) is 1. The number of nitriles is 1. The molecule has 3 nitrogen and oxygen atoms in total. The maximum absolute atomic E-state index is 13.1. The molecule has 0 atom stereocenters. The zero-order valence-electron chi connectivity index (χ0n) is 10.8. The first-order valence-corrected chi connectivity index (χ1v) is 5.90. The molecule has 0 saturated heterocycles. The number of nitrogens with one attached hydrogen (secondary N) is 1. The van der Waals surface area contributed by atoms with Crippen molar-refractivity contribution < 1.29 is 13.5 Å². The van der Waals surface area contributed by atoms with Crippen LogP contribution in [-0.2, 0) is 6.54 Å². The first-order valence-electron chi connectivity index (χ1n) is 5.90. The first kappa shape index (κ1) is 13.8. The van der Waals surface area contributed by atoms with E-state index in [4.69, 9.17) is 10.00 Å². The van der Waals surface area contributed by atoms with Crippen molar-refractivity contribution in [2.24, 2.45) is 0 Å². The zero-order valence-corrected chi connectivity index (χ0v) is 10.8. The van der Waals surface area contributed by atoms with E-state index in [1.54, 1.807) is 18.2 Å². The van der Waals surface area contributed by atoms with Gasteiger partial charge < -0.3 is 10.1 Å². The second kappa shape index (κ2) is 6.02. The largest absolute Gasteiger partial charge is 0.496 e. The van der Waals surface area contributed by atoms with Crippen LogP contribution in [0.5, 0.6) is 5.75 Å². The summed E-state index contributed by atoms with van der Waals surface area (Å²) in [5, 5.41) is 11.8. The summed E-state index contributed by atoms with van der Waals surface area (Å²) < 4.78 is 31.1. The lowest BCUT2D eigenvalue weighted by molar-refractivity contribution is 0.410. The number of benzene rings is 2. The molecule has 1 N–H and O–H groups in total. The van der Waals surface area contributed by atoms with E-state index in [2.05, 4.69) is 5.32 Å². The highest BCUT2D eigenvalue weighted by atomic mass is 19.2. The van der Waals surface area contributed by atoms with Crippen LogP contribution in [0.2, 0.25) is 0 Å². The molecule has 0 unspecified atom stereocenters. The molecule has 0 heterocycles. The highest BCUT2D eigenvalue weighted by Crippen LogP contribution is 2.21. The molecule has 0 fully saturated rings. The summed E-state index contributed by atoms with van der Waals surface area (Å²) in [6.45, 7) is 0.337. The predicted molar refractivity (Wildman–Crippen MR) is 71.4 cm³/mol. The number of anilines is 1. The number of hydrogen-bond acceptors (Lipinski definition) is 3. The first-order chi connectivity index (χ1) is 9.63. The summed E-state index contributed by atoms with van der Waals surface area (Å²) in [5.41, 5.74) is 1.72. The fraction of sp³-hybridized carbons (Fsp3) is 0.133.